The van der Waals surface area contributed by atoms with Gasteiger partial charge in [0.2, 0.25) is 0 Å². The number of nitrogens with two attached hydrogens (primary N) is 1. The van der Waals surface area contributed by atoms with E-state index in [0.29, 0.717) is 0 Å². The maximum absolute atomic E-state index is 5.48. The highest BCUT2D eigenvalue weighted by atomic mass is 14.5. The standard InChI is InChI=1S/C14H23N/c1-11-9-13(3)14(10-12(11)2)7-5-4-6-8-15/h9-10H,4-8,15H2,1-3H3. The fraction of sp³-hybridized carbons (Fsp3) is 0.571. The molecule has 1 aromatic carbocycles. The van der Waals surface area contributed by atoms with Gasteiger partial charge in [0.05, 0.1) is 0 Å². The van der Waals surface area contributed by atoms with Gasteiger partial charge < -0.3 is 5.73 Å². The minimum Gasteiger partial charge on any atom is -0.330 e. The van der Waals surface area contributed by atoms with Crippen LogP contribution in [0.4, 0.5) is 0 Å². The second-order valence-corrected chi connectivity index (χ2v) is 4.46. The first-order valence-corrected chi connectivity index (χ1v) is 5.92. The summed E-state index contributed by atoms with van der Waals surface area (Å²) in [6.07, 6.45) is 4.88. The van der Waals surface area contributed by atoms with Crippen molar-refractivity contribution in [2.24, 2.45) is 5.73 Å². The molecule has 0 aromatic heterocycles. The Kier molecular flexibility index (Phi) is 4.83. The van der Waals surface area contributed by atoms with Crippen molar-refractivity contribution in [2.45, 2.75) is 46.5 Å². The summed E-state index contributed by atoms with van der Waals surface area (Å²) in [5.41, 5.74) is 11.2. The van der Waals surface area contributed by atoms with E-state index >= 15 is 0 Å². The molecule has 15 heavy (non-hydrogen) atoms. The molecular formula is C14H23N. The Hall–Kier alpha value is -0.820. The fourth-order valence-electron chi connectivity index (χ4n) is 1.93. The molecule has 1 rings (SSSR count). The number of unbranched alkanes of at least 4 members (excludes halogenated alkanes) is 2. The predicted octanol–water partition coefficient (Wildman–Crippen LogP) is 3.28. The Morgan fingerprint density at radius 3 is 2.20 bits per heavy atom. The molecule has 0 saturated carbocycles. The van der Waals surface area contributed by atoms with Gasteiger partial charge in [-0.2, -0.15) is 0 Å². The van der Waals surface area contributed by atoms with Crippen molar-refractivity contribution in [3.8, 4) is 0 Å². The zero-order chi connectivity index (χ0) is 11.3. The van der Waals surface area contributed by atoms with Crippen molar-refractivity contribution in [2.75, 3.05) is 6.54 Å². The van der Waals surface area contributed by atoms with Crippen LogP contribution in [-0.2, 0) is 6.42 Å². The Morgan fingerprint density at radius 1 is 0.867 bits per heavy atom. The number of hydrogen-bond acceptors (Lipinski definition) is 1. The van der Waals surface area contributed by atoms with E-state index in [1.54, 1.807) is 0 Å². The lowest BCUT2D eigenvalue weighted by Gasteiger charge is -2.09. The molecule has 84 valence electrons. The monoisotopic (exact) mass is 205 g/mol. The Labute approximate surface area is 93.7 Å². The average molecular weight is 205 g/mol. The van der Waals surface area contributed by atoms with Crippen LogP contribution < -0.4 is 5.73 Å². The summed E-state index contributed by atoms with van der Waals surface area (Å²) in [5.74, 6) is 0. The van der Waals surface area contributed by atoms with Crippen LogP contribution in [0.5, 0.6) is 0 Å². The zero-order valence-electron chi connectivity index (χ0n) is 10.3. The molecule has 1 heteroatoms. The number of rotatable bonds is 5. The van der Waals surface area contributed by atoms with Crippen LogP contribution in [0.3, 0.4) is 0 Å². The lowest BCUT2D eigenvalue weighted by atomic mass is 9.97. The Balaban J connectivity index is 2.57. The molecular weight excluding hydrogens is 182 g/mol. The van der Waals surface area contributed by atoms with Gasteiger partial charge in [-0.05, 0) is 68.8 Å². The van der Waals surface area contributed by atoms with Crippen LogP contribution in [0.1, 0.15) is 41.5 Å². The van der Waals surface area contributed by atoms with Crippen molar-refractivity contribution in [1.82, 2.24) is 0 Å². The van der Waals surface area contributed by atoms with Gasteiger partial charge >= 0.3 is 0 Å². The van der Waals surface area contributed by atoms with Crippen molar-refractivity contribution < 1.29 is 0 Å². The smallest absolute Gasteiger partial charge is 0.00773 e. The zero-order valence-corrected chi connectivity index (χ0v) is 10.3. The highest BCUT2D eigenvalue weighted by Crippen LogP contribution is 2.17. The van der Waals surface area contributed by atoms with Gasteiger partial charge in [-0.15, -0.1) is 0 Å². The summed E-state index contributed by atoms with van der Waals surface area (Å²) in [4.78, 5) is 0. The lowest BCUT2D eigenvalue weighted by molar-refractivity contribution is 0.685. The summed E-state index contributed by atoms with van der Waals surface area (Å²) in [5, 5.41) is 0. The summed E-state index contributed by atoms with van der Waals surface area (Å²) in [6, 6.07) is 4.64. The molecule has 0 saturated heterocycles. The minimum atomic E-state index is 0.825. The van der Waals surface area contributed by atoms with E-state index in [1.807, 2.05) is 0 Å². The Morgan fingerprint density at radius 2 is 1.53 bits per heavy atom. The predicted molar refractivity (Wildman–Crippen MR) is 67.3 cm³/mol. The van der Waals surface area contributed by atoms with Crippen LogP contribution in [0, 0.1) is 20.8 Å². The number of benzene rings is 1. The van der Waals surface area contributed by atoms with Crippen molar-refractivity contribution in [3.63, 3.8) is 0 Å². The first kappa shape index (κ1) is 12.3. The molecule has 0 radical (unpaired) electrons. The molecule has 0 aliphatic carbocycles. The molecule has 1 aromatic rings. The first-order chi connectivity index (χ1) is 7.15. The van der Waals surface area contributed by atoms with Gasteiger partial charge in [-0.3, -0.25) is 0 Å². The summed E-state index contributed by atoms with van der Waals surface area (Å²) in [6.45, 7) is 7.41. The maximum Gasteiger partial charge on any atom is -0.00773 e. The topological polar surface area (TPSA) is 26.0 Å². The van der Waals surface area contributed by atoms with Crippen LogP contribution >= 0.6 is 0 Å². The van der Waals surface area contributed by atoms with E-state index in [4.69, 9.17) is 5.73 Å². The summed E-state index contributed by atoms with van der Waals surface area (Å²) in [7, 11) is 0. The summed E-state index contributed by atoms with van der Waals surface area (Å²) >= 11 is 0. The second kappa shape index (κ2) is 5.92. The molecule has 0 unspecified atom stereocenters. The molecule has 0 spiro atoms. The fourth-order valence-corrected chi connectivity index (χ4v) is 1.93. The summed E-state index contributed by atoms with van der Waals surface area (Å²) < 4.78 is 0. The van der Waals surface area contributed by atoms with Crippen LogP contribution in [0.25, 0.3) is 0 Å². The van der Waals surface area contributed by atoms with Gasteiger partial charge in [-0.1, -0.05) is 18.6 Å². The third-order valence-electron chi connectivity index (χ3n) is 3.10. The normalized spacial score (nSPS) is 10.7. The van der Waals surface area contributed by atoms with E-state index < -0.39 is 0 Å². The molecule has 0 fully saturated rings. The van der Waals surface area contributed by atoms with Gasteiger partial charge in [0.25, 0.3) is 0 Å². The number of hydrogen-bond donors (Lipinski definition) is 1. The molecule has 0 bridgehead atoms. The molecule has 0 amide bonds. The van der Waals surface area contributed by atoms with Gasteiger partial charge in [0.1, 0.15) is 0 Å². The van der Waals surface area contributed by atoms with Crippen molar-refractivity contribution in [3.05, 3.63) is 34.4 Å². The molecule has 0 heterocycles. The van der Waals surface area contributed by atoms with Crippen molar-refractivity contribution >= 4 is 0 Å². The second-order valence-electron chi connectivity index (χ2n) is 4.46. The van der Waals surface area contributed by atoms with E-state index in [2.05, 4.69) is 32.9 Å². The Bertz CT molecular complexity index is 315. The maximum atomic E-state index is 5.48. The minimum absolute atomic E-state index is 0.825. The van der Waals surface area contributed by atoms with E-state index in [0.717, 1.165) is 13.0 Å². The van der Waals surface area contributed by atoms with Crippen LogP contribution in [-0.4, -0.2) is 6.54 Å². The average Bonchev–Trinajstić information content (AvgIpc) is 2.20. The van der Waals surface area contributed by atoms with Gasteiger partial charge in [0, 0.05) is 0 Å². The molecule has 0 atom stereocenters. The first-order valence-electron chi connectivity index (χ1n) is 5.92. The van der Waals surface area contributed by atoms with Crippen LogP contribution in [0.2, 0.25) is 0 Å². The van der Waals surface area contributed by atoms with E-state index in [1.165, 1.54) is 41.5 Å². The molecule has 2 N–H and O–H groups in total. The van der Waals surface area contributed by atoms with Crippen molar-refractivity contribution in [1.29, 1.82) is 0 Å². The molecule has 0 aliphatic rings. The SMILES string of the molecule is Cc1cc(C)c(CCCCCN)cc1C. The quantitative estimate of drug-likeness (QED) is 0.733. The highest BCUT2D eigenvalue weighted by molar-refractivity contribution is 5.36. The largest absolute Gasteiger partial charge is 0.330 e. The van der Waals surface area contributed by atoms with E-state index in [9.17, 15) is 0 Å². The third-order valence-corrected chi connectivity index (χ3v) is 3.10. The van der Waals surface area contributed by atoms with E-state index in [-0.39, 0.29) is 0 Å². The number of aryl methyl sites for hydroxylation is 4. The molecule has 0 aliphatic heterocycles. The third kappa shape index (κ3) is 3.67. The highest BCUT2D eigenvalue weighted by Gasteiger charge is 2.01. The molecule has 1 nitrogen and oxygen atoms in total. The lowest BCUT2D eigenvalue weighted by Crippen LogP contribution is -1.99. The van der Waals surface area contributed by atoms with Gasteiger partial charge in [0.15, 0.2) is 0 Å². The van der Waals surface area contributed by atoms with Crippen LogP contribution in [0.15, 0.2) is 12.1 Å². The van der Waals surface area contributed by atoms with Gasteiger partial charge in [-0.25, -0.2) is 0 Å².